The number of hydrogen-bond donors (Lipinski definition) is 1. The molecule has 31 heavy (non-hydrogen) atoms. The van der Waals surface area contributed by atoms with Gasteiger partial charge in [0.25, 0.3) is 5.91 Å². The maximum Gasteiger partial charge on any atom is 0.345 e. The van der Waals surface area contributed by atoms with Crippen LogP contribution >= 0.6 is 23.2 Å². The summed E-state index contributed by atoms with van der Waals surface area (Å²) in [4.78, 5) is 24.2. The number of nitrogens with one attached hydrogen (secondary N) is 1. The summed E-state index contributed by atoms with van der Waals surface area (Å²) < 4.78 is 10.8. The number of carbonyl (C=O) groups excluding carboxylic acids is 2. The second-order valence-corrected chi connectivity index (χ2v) is 7.28. The summed E-state index contributed by atoms with van der Waals surface area (Å²) in [5, 5.41) is 4.80. The van der Waals surface area contributed by atoms with E-state index in [1.807, 2.05) is 6.92 Å². The molecule has 0 unspecified atom stereocenters. The second-order valence-electron chi connectivity index (χ2n) is 6.43. The number of halogens is 2. The Morgan fingerprint density at radius 2 is 1.84 bits per heavy atom. The van der Waals surface area contributed by atoms with E-state index in [1.54, 1.807) is 66.7 Å². The third-order valence-electron chi connectivity index (χ3n) is 4.06. The Bertz CT molecular complexity index is 1130. The van der Waals surface area contributed by atoms with Gasteiger partial charge in [0.15, 0.2) is 6.61 Å². The van der Waals surface area contributed by atoms with Crippen LogP contribution in [0.15, 0.2) is 71.8 Å². The Labute approximate surface area is 189 Å². The van der Waals surface area contributed by atoms with Crippen molar-refractivity contribution >= 4 is 41.3 Å². The van der Waals surface area contributed by atoms with E-state index in [9.17, 15) is 9.59 Å². The predicted octanol–water partition coefficient (Wildman–Crippen LogP) is 5.05. The first-order valence-electron chi connectivity index (χ1n) is 9.20. The lowest BCUT2D eigenvalue weighted by molar-refractivity contribution is -0.123. The molecule has 0 bridgehead atoms. The summed E-state index contributed by atoms with van der Waals surface area (Å²) in [6.07, 6.45) is 1.43. The lowest BCUT2D eigenvalue weighted by Gasteiger charge is -2.08. The van der Waals surface area contributed by atoms with Gasteiger partial charge in [-0.05, 0) is 60.5 Å². The summed E-state index contributed by atoms with van der Waals surface area (Å²) in [5.74, 6) is -0.104. The normalized spacial score (nSPS) is 10.7. The highest BCUT2D eigenvalue weighted by Crippen LogP contribution is 2.22. The Morgan fingerprint density at radius 3 is 2.61 bits per heavy atom. The fraction of sp³-hybridized carbons (Fsp3) is 0.0870. The highest BCUT2D eigenvalue weighted by atomic mass is 35.5. The van der Waals surface area contributed by atoms with Crippen LogP contribution in [-0.2, 0) is 4.79 Å². The van der Waals surface area contributed by atoms with Gasteiger partial charge in [0.2, 0.25) is 0 Å². The molecule has 0 aromatic heterocycles. The second kappa shape index (κ2) is 10.6. The smallest absolute Gasteiger partial charge is 0.345 e. The summed E-state index contributed by atoms with van der Waals surface area (Å²) in [6, 6.07) is 18.4. The molecule has 0 aliphatic carbocycles. The van der Waals surface area contributed by atoms with E-state index >= 15 is 0 Å². The maximum atomic E-state index is 12.3. The van der Waals surface area contributed by atoms with E-state index in [0.29, 0.717) is 27.1 Å². The van der Waals surface area contributed by atoms with Crippen molar-refractivity contribution < 1.29 is 19.1 Å². The van der Waals surface area contributed by atoms with Crippen molar-refractivity contribution in [1.29, 1.82) is 0 Å². The minimum atomic E-state index is -0.567. The molecule has 0 saturated heterocycles. The monoisotopic (exact) mass is 456 g/mol. The number of benzene rings is 3. The van der Waals surface area contributed by atoms with Crippen LogP contribution < -0.4 is 14.9 Å². The van der Waals surface area contributed by atoms with Crippen molar-refractivity contribution in [3.05, 3.63) is 93.5 Å². The molecule has 3 aromatic rings. The topological polar surface area (TPSA) is 77.0 Å². The van der Waals surface area contributed by atoms with Crippen molar-refractivity contribution in [2.75, 3.05) is 6.61 Å². The molecule has 0 radical (unpaired) electrons. The Kier molecular flexibility index (Phi) is 7.65. The Morgan fingerprint density at radius 1 is 1.03 bits per heavy atom. The fourth-order valence-corrected chi connectivity index (χ4v) is 3.02. The summed E-state index contributed by atoms with van der Waals surface area (Å²) in [7, 11) is 0. The molecule has 6 nitrogen and oxygen atoms in total. The SMILES string of the molecule is Cc1cc(Cl)ccc1OCC(=O)N/N=C/c1cccc(OC(=O)c2ccccc2Cl)c1. The van der Waals surface area contributed by atoms with Crippen LogP contribution in [0.2, 0.25) is 10.0 Å². The first kappa shape index (κ1) is 22.3. The minimum absolute atomic E-state index is 0.199. The minimum Gasteiger partial charge on any atom is -0.483 e. The van der Waals surface area contributed by atoms with Crippen LogP contribution in [-0.4, -0.2) is 24.7 Å². The van der Waals surface area contributed by atoms with E-state index in [0.717, 1.165) is 5.56 Å². The molecule has 3 aromatic carbocycles. The van der Waals surface area contributed by atoms with Gasteiger partial charge in [0.05, 0.1) is 16.8 Å². The zero-order chi connectivity index (χ0) is 22.2. The molecule has 0 aliphatic rings. The van der Waals surface area contributed by atoms with Gasteiger partial charge in [-0.1, -0.05) is 47.5 Å². The first-order chi connectivity index (χ1) is 14.9. The number of aryl methyl sites for hydroxylation is 1. The number of amides is 1. The maximum absolute atomic E-state index is 12.3. The first-order valence-corrected chi connectivity index (χ1v) is 9.95. The van der Waals surface area contributed by atoms with E-state index in [-0.39, 0.29) is 12.2 Å². The number of carbonyl (C=O) groups is 2. The van der Waals surface area contributed by atoms with Crippen LogP contribution in [0.5, 0.6) is 11.5 Å². The van der Waals surface area contributed by atoms with Crippen LogP contribution in [0.25, 0.3) is 0 Å². The molecular formula is C23H18Cl2N2O4. The summed E-state index contributed by atoms with van der Waals surface area (Å²) in [6.45, 7) is 1.64. The molecule has 0 saturated carbocycles. The number of nitrogens with zero attached hydrogens (tertiary/aromatic N) is 1. The van der Waals surface area contributed by atoms with Crippen molar-refractivity contribution in [3.8, 4) is 11.5 Å². The fourth-order valence-electron chi connectivity index (χ4n) is 2.58. The van der Waals surface area contributed by atoms with Gasteiger partial charge >= 0.3 is 5.97 Å². The van der Waals surface area contributed by atoms with Gasteiger partial charge in [-0.2, -0.15) is 5.10 Å². The molecule has 158 valence electrons. The molecule has 0 fully saturated rings. The summed E-state index contributed by atoms with van der Waals surface area (Å²) >= 11 is 11.9. The Balaban J connectivity index is 1.53. The highest BCUT2D eigenvalue weighted by Gasteiger charge is 2.12. The Hall–Kier alpha value is -3.35. The van der Waals surface area contributed by atoms with Gasteiger partial charge < -0.3 is 9.47 Å². The third-order valence-corrected chi connectivity index (χ3v) is 4.63. The molecule has 1 amide bonds. The number of rotatable bonds is 7. The molecule has 0 aliphatic heterocycles. The third kappa shape index (κ3) is 6.57. The predicted molar refractivity (Wildman–Crippen MR) is 120 cm³/mol. The average molecular weight is 457 g/mol. The van der Waals surface area contributed by atoms with Crippen molar-refractivity contribution in [3.63, 3.8) is 0 Å². The van der Waals surface area contributed by atoms with Gasteiger partial charge in [-0.15, -0.1) is 0 Å². The number of hydrazone groups is 1. The molecule has 0 atom stereocenters. The van der Waals surface area contributed by atoms with Crippen LogP contribution in [0.3, 0.4) is 0 Å². The van der Waals surface area contributed by atoms with E-state index in [2.05, 4.69) is 10.5 Å². The van der Waals surface area contributed by atoms with Crippen molar-refractivity contribution in [2.24, 2.45) is 5.10 Å². The van der Waals surface area contributed by atoms with Gasteiger partial charge in [-0.3, -0.25) is 4.79 Å². The summed E-state index contributed by atoms with van der Waals surface area (Å²) in [5.41, 5.74) is 4.10. The molecule has 1 N–H and O–H groups in total. The lowest BCUT2D eigenvalue weighted by Crippen LogP contribution is -2.24. The molecular weight excluding hydrogens is 439 g/mol. The van der Waals surface area contributed by atoms with Crippen LogP contribution in [0.1, 0.15) is 21.5 Å². The molecule has 0 heterocycles. The van der Waals surface area contributed by atoms with Crippen LogP contribution in [0.4, 0.5) is 0 Å². The largest absolute Gasteiger partial charge is 0.483 e. The number of hydrogen-bond acceptors (Lipinski definition) is 5. The molecule has 8 heteroatoms. The quantitative estimate of drug-likeness (QED) is 0.233. The van der Waals surface area contributed by atoms with Gasteiger partial charge in [0, 0.05) is 5.02 Å². The number of ether oxygens (including phenoxy) is 2. The van der Waals surface area contributed by atoms with Gasteiger partial charge in [-0.25, -0.2) is 10.2 Å². The molecule has 3 rings (SSSR count). The standard InChI is InChI=1S/C23H18Cl2N2O4/c1-15-11-17(24)9-10-21(15)30-14-22(28)27-26-13-16-5-4-6-18(12-16)31-23(29)19-7-2-3-8-20(19)25/h2-13H,14H2,1H3,(H,27,28)/b26-13+. The number of esters is 1. The van der Waals surface area contributed by atoms with E-state index < -0.39 is 11.9 Å². The van der Waals surface area contributed by atoms with Crippen LogP contribution in [0, 0.1) is 6.92 Å². The molecule has 0 spiro atoms. The van der Waals surface area contributed by atoms with E-state index in [1.165, 1.54) is 6.21 Å². The van der Waals surface area contributed by atoms with Crippen molar-refractivity contribution in [1.82, 2.24) is 5.43 Å². The van der Waals surface area contributed by atoms with Crippen molar-refractivity contribution in [2.45, 2.75) is 6.92 Å². The lowest BCUT2D eigenvalue weighted by atomic mass is 10.2. The zero-order valence-corrected chi connectivity index (χ0v) is 18.0. The van der Waals surface area contributed by atoms with Gasteiger partial charge in [0.1, 0.15) is 11.5 Å². The highest BCUT2D eigenvalue weighted by molar-refractivity contribution is 6.33. The van der Waals surface area contributed by atoms with E-state index in [4.69, 9.17) is 32.7 Å². The zero-order valence-electron chi connectivity index (χ0n) is 16.5. The average Bonchev–Trinajstić information content (AvgIpc) is 2.73.